The zero-order chi connectivity index (χ0) is 15.0. The molecule has 0 aromatic carbocycles. The lowest BCUT2D eigenvalue weighted by Gasteiger charge is -2.12. The van der Waals surface area contributed by atoms with Crippen molar-refractivity contribution < 1.29 is 19.1 Å². The fourth-order valence-electron chi connectivity index (χ4n) is 1.99. The Bertz CT molecular complexity index is 442. The molecule has 4 N–H and O–H groups in total. The Kier molecular flexibility index (Phi) is 6.79. The predicted molar refractivity (Wildman–Crippen MR) is 74.2 cm³/mol. The summed E-state index contributed by atoms with van der Waals surface area (Å²) < 4.78 is 5.05. The van der Waals surface area contributed by atoms with Crippen molar-refractivity contribution in [1.29, 1.82) is 0 Å². The second-order valence-electron chi connectivity index (χ2n) is 4.74. The van der Waals surface area contributed by atoms with E-state index >= 15 is 0 Å². The summed E-state index contributed by atoms with van der Waals surface area (Å²) in [6.45, 7) is 2.94. The van der Waals surface area contributed by atoms with E-state index in [2.05, 4.69) is 12.2 Å². The lowest BCUT2D eigenvalue weighted by molar-refractivity contribution is -0.121. The Morgan fingerprint density at radius 2 is 2.15 bits per heavy atom. The molecule has 0 bridgehead atoms. The molecule has 1 aromatic heterocycles. The molecule has 0 spiro atoms. The molecule has 6 nitrogen and oxygen atoms in total. The molecule has 1 unspecified atom stereocenters. The van der Waals surface area contributed by atoms with Crippen molar-refractivity contribution in [2.45, 2.75) is 39.2 Å². The van der Waals surface area contributed by atoms with E-state index in [1.807, 2.05) is 0 Å². The lowest BCUT2D eigenvalue weighted by atomic mass is 9.96. The highest BCUT2D eigenvalue weighted by atomic mass is 16.4. The van der Waals surface area contributed by atoms with E-state index in [9.17, 15) is 9.59 Å². The molecule has 0 saturated heterocycles. The van der Waals surface area contributed by atoms with E-state index in [4.69, 9.17) is 15.3 Å². The molecular formula is C14H22N2O4. The maximum absolute atomic E-state index is 11.7. The Labute approximate surface area is 118 Å². The van der Waals surface area contributed by atoms with Gasteiger partial charge < -0.3 is 20.6 Å². The smallest absolute Gasteiger partial charge is 0.371 e. The van der Waals surface area contributed by atoms with E-state index in [1.165, 1.54) is 6.07 Å². The van der Waals surface area contributed by atoms with Gasteiger partial charge in [-0.2, -0.15) is 0 Å². The molecule has 1 aromatic rings. The first-order valence-electron chi connectivity index (χ1n) is 6.85. The molecule has 0 aliphatic carbocycles. The minimum absolute atomic E-state index is 0.0613. The van der Waals surface area contributed by atoms with Crippen molar-refractivity contribution >= 4 is 11.9 Å². The Morgan fingerprint density at radius 1 is 1.40 bits per heavy atom. The number of rotatable bonds is 9. The molecule has 0 saturated carbocycles. The number of nitrogens with one attached hydrogen (secondary N) is 1. The first-order valence-corrected chi connectivity index (χ1v) is 6.85. The predicted octanol–water partition coefficient (Wildman–Crippen LogP) is 1.75. The summed E-state index contributed by atoms with van der Waals surface area (Å²) in [6, 6.07) is 2.92. The van der Waals surface area contributed by atoms with Crippen molar-refractivity contribution in [1.82, 2.24) is 5.32 Å². The summed E-state index contributed by atoms with van der Waals surface area (Å²) in [6.07, 6.45) is 3.22. The highest BCUT2D eigenvalue weighted by Crippen LogP contribution is 2.14. The normalized spacial score (nSPS) is 12.1. The summed E-state index contributed by atoms with van der Waals surface area (Å²) in [7, 11) is 0. The molecule has 6 heteroatoms. The van der Waals surface area contributed by atoms with Crippen molar-refractivity contribution in [2.24, 2.45) is 11.7 Å². The van der Waals surface area contributed by atoms with Crippen LogP contribution in [0, 0.1) is 5.92 Å². The summed E-state index contributed by atoms with van der Waals surface area (Å²) in [5, 5.41) is 11.4. The topological polar surface area (TPSA) is 106 Å². The lowest BCUT2D eigenvalue weighted by Crippen LogP contribution is -2.23. The summed E-state index contributed by atoms with van der Waals surface area (Å²) in [4.78, 5) is 22.3. The fourth-order valence-corrected chi connectivity index (χ4v) is 1.99. The number of hydrogen-bond donors (Lipinski definition) is 3. The number of carboxylic acid groups (broad SMARTS) is 1. The van der Waals surface area contributed by atoms with Gasteiger partial charge in [-0.15, -0.1) is 0 Å². The number of aromatic carboxylic acids is 1. The van der Waals surface area contributed by atoms with Gasteiger partial charge >= 0.3 is 5.97 Å². The van der Waals surface area contributed by atoms with Crippen molar-refractivity contribution in [3.05, 3.63) is 23.7 Å². The van der Waals surface area contributed by atoms with E-state index in [-0.39, 0.29) is 18.2 Å². The van der Waals surface area contributed by atoms with Crippen LogP contribution in [0.3, 0.4) is 0 Å². The van der Waals surface area contributed by atoms with Crippen molar-refractivity contribution in [3.63, 3.8) is 0 Å². The largest absolute Gasteiger partial charge is 0.475 e. The highest BCUT2D eigenvalue weighted by Gasteiger charge is 2.11. The summed E-state index contributed by atoms with van der Waals surface area (Å²) in [5.41, 5.74) is 5.51. The number of carbonyl (C=O) groups excluding carboxylic acids is 1. The molecule has 0 aliphatic rings. The quantitative estimate of drug-likeness (QED) is 0.640. The van der Waals surface area contributed by atoms with Crippen molar-refractivity contribution in [2.75, 3.05) is 6.54 Å². The SMILES string of the molecule is CCC(CCN)CCC(=O)NCc1ccc(C(=O)O)o1. The van der Waals surface area contributed by atoms with E-state index < -0.39 is 5.97 Å². The third-order valence-electron chi connectivity index (χ3n) is 3.26. The molecule has 0 fully saturated rings. The maximum Gasteiger partial charge on any atom is 0.371 e. The third-order valence-corrected chi connectivity index (χ3v) is 3.26. The van der Waals surface area contributed by atoms with Crippen LogP contribution in [0.1, 0.15) is 48.9 Å². The average molecular weight is 282 g/mol. The van der Waals surface area contributed by atoms with Crippen LogP contribution in [0.5, 0.6) is 0 Å². The number of carbonyl (C=O) groups is 2. The van der Waals surface area contributed by atoms with Crippen LogP contribution in [0.15, 0.2) is 16.5 Å². The number of hydrogen-bond acceptors (Lipinski definition) is 4. The Hall–Kier alpha value is -1.82. The van der Waals surface area contributed by atoms with Crippen LogP contribution in [0.25, 0.3) is 0 Å². The summed E-state index contributed by atoms with van der Waals surface area (Å²) in [5.74, 6) is -0.384. The highest BCUT2D eigenvalue weighted by molar-refractivity contribution is 5.84. The standard InChI is InChI=1S/C14H22N2O4/c1-2-10(7-8-15)3-6-13(17)16-9-11-4-5-12(20-11)14(18)19/h4-5,10H,2-3,6-9,15H2,1H3,(H,16,17)(H,18,19). The molecule has 0 radical (unpaired) electrons. The molecule has 1 rings (SSSR count). The summed E-state index contributed by atoms with van der Waals surface area (Å²) >= 11 is 0. The minimum Gasteiger partial charge on any atom is -0.475 e. The third kappa shape index (κ3) is 5.44. The first-order chi connectivity index (χ1) is 9.56. The molecule has 20 heavy (non-hydrogen) atoms. The van der Waals surface area contributed by atoms with E-state index in [1.54, 1.807) is 6.07 Å². The average Bonchev–Trinajstić information content (AvgIpc) is 2.90. The van der Waals surface area contributed by atoms with Gasteiger partial charge in [0, 0.05) is 6.42 Å². The zero-order valence-electron chi connectivity index (χ0n) is 11.7. The molecule has 1 atom stereocenters. The van der Waals surface area contributed by atoms with Crippen LogP contribution in [-0.4, -0.2) is 23.5 Å². The van der Waals surface area contributed by atoms with Gasteiger partial charge in [-0.05, 0) is 37.4 Å². The van der Waals surface area contributed by atoms with Gasteiger partial charge in [-0.25, -0.2) is 4.79 Å². The van der Waals surface area contributed by atoms with Crippen LogP contribution >= 0.6 is 0 Å². The number of nitrogens with two attached hydrogens (primary N) is 1. The monoisotopic (exact) mass is 282 g/mol. The second-order valence-corrected chi connectivity index (χ2v) is 4.74. The Morgan fingerprint density at radius 3 is 2.70 bits per heavy atom. The van der Waals surface area contributed by atoms with Crippen LogP contribution in [0.4, 0.5) is 0 Å². The van der Waals surface area contributed by atoms with Gasteiger partial charge in [-0.1, -0.05) is 13.3 Å². The van der Waals surface area contributed by atoms with Gasteiger partial charge in [-0.3, -0.25) is 4.79 Å². The molecule has 1 heterocycles. The Balaban J connectivity index is 2.30. The number of furan rings is 1. The number of carboxylic acids is 1. The van der Waals surface area contributed by atoms with Gasteiger partial charge in [0.1, 0.15) is 5.76 Å². The molecular weight excluding hydrogens is 260 g/mol. The van der Waals surface area contributed by atoms with Gasteiger partial charge in [0.15, 0.2) is 0 Å². The van der Waals surface area contributed by atoms with Crippen LogP contribution < -0.4 is 11.1 Å². The number of amides is 1. The van der Waals surface area contributed by atoms with E-state index in [0.29, 0.717) is 24.6 Å². The fraction of sp³-hybridized carbons (Fsp3) is 0.571. The molecule has 0 aliphatic heterocycles. The van der Waals surface area contributed by atoms with Crippen LogP contribution in [0.2, 0.25) is 0 Å². The van der Waals surface area contributed by atoms with Crippen molar-refractivity contribution in [3.8, 4) is 0 Å². The second kappa shape index (κ2) is 8.37. The molecule has 1 amide bonds. The van der Waals surface area contributed by atoms with E-state index in [0.717, 1.165) is 19.3 Å². The van der Waals surface area contributed by atoms with Gasteiger partial charge in [0.2, 0.25) is 11.7 Å². The zero-order valence-corrected chi connectivity index (χ0v) is 11.7. The minimum atomic E-state index is -1.12. The van der Waals surface area contributed by atoms with Crippen LogP contribution in [-0.2, 0) is 11.3 Å². The first kappa shape index (κ1) is 16.2. The molecule has 112 valence electrons. The van der Waals surface area contributed by atoms with Gasteiger partial charge in [0.05, 0.1) is 6.54 Å². The maximum atomic E-state index is 11.7. The van der Waals surface area contributed by atoms with Gasteiger partial charge in [0.25, 0.3) is 0 Å².